The van der Waals surface area contributed by atoms with E-state index >= 15 is 0 Å². The topological polar surface area (TPSA) is 64.6 Å². The third-order valence-electron chi connectivity index (χ3n) is 5.39. The average molecular weight is 422 g/mol. The van der Waals surface area contributed by atoms with E-state index in [1.807, 2.05) is 32.0 Å². The molecule has 0 amide bonds. The highest BCUT2D eigenvalue weighted by molar-refractivity contribution is 6.32. The van der Waals surface area contributed by atoms with Crippen LogP contribution in [0.15, 0.2) is 60.7 Å². The van der Waals surface area contributed by atoms with Crippen LogP contribution in [0.25, 0.3) is 0 Å². The molecule has 5 nitrogen and oxygen atoms in total. The maximum atomic E-state index is 12.8. The minimum absolute atomic E-state index is 0.319. The zero-order chi connectivity index (χ0) is 21.5. The summed E-state index contributed by atoms with van der Waals surface area (Å²) in [5.41, 5.74) is 3.11. The molecule has 6 heteroatoms. The first-order chi connectivity index (χ1) is 14.4. The van der Waals surface area contributed by atoms with Gasteiger partial charge in [0.15, 0.2) is 0 Å². The van der Waals surface area contributed by atoms with Gasteiger partial charge in [-0.3, -0.25) is 0 Å². The van der Waals surface area contributed by atoms with Crippen LogP contribution >= 0.6 is 11.6 Å². The summed E-state index contributed by atoms with van der Waals surface area (Å²) in [7, 11) is 1.32. The summed E-state index contributed by atoms with van der Waals surface area (Å²) in [6, 6.07) is 17.8. The largest absolute Gasteiger partial charge is 0.465 e. The third-order valence-corrected chi connectivity index (χ3v) is 5.70. The molecule has 0 aromatic heterocycles. The quantitative estimate of drug-likeness (QED) is 0.584. The Hall–Kier alpha value is -3.31. The zero-order valence-corrected chi connectivity index (χ0v) is 17.5. The molecule has 0 spiro atoms. The summed E-state index contributed by atoms with van der Waals surface area (Å²) in [5, 5.41) is 3.69. The second-order valence-corrected chi connectivity index (χ2v) is 7.60. The molecule has 1 aliphatic rings. The molecule has 3 aromatic carbocycles. The van der Waals surface area contributed by atoms with Crippen molar-refractivity contribution in [3.63, 3.8) is 0 Å². The Labute approximate surface area is 179 Å². The van der Waals surface area contributed by atoms with Gasteiger partial charge in [-0.25, -0.2) is 9.59 Å². The molecule has 0 aliphatic carbocycles. The van der Waals surface area contributed by atoms with Gasteiger partial charge in [-0.05, 0) is 55.3 Å². The molecule has 1 unspecified atom stereocenters. The lowest BCUT2D eigenvalue weighted by Crippen LogP contribution is -2.38. The van der Waals surface area contributed by atoms with Crippen LogP contribution in [0.4, 0.5) is 5.69 Å². The first kappa shape index (κ1) is 20.0. The van der Waals surface area contributed by atoms with E-state index in [0.29, 0.717) is 33.0 Å². The van der Waals surface area contributed by atoms with Crippen molar-refractivity contribution in [1.29, 1.82) is 0 Å². The molecule has 4 rings (SSSR count). The number of carbonyl (C=O) groups excluding carboxylic acids is 2. The number of anilines is 1. The Morgan fingerprint density at radius 2 is 1.80 bits per heavy atom. The van der Waals surface area contributed by atoms with Gasteiger partial charge >= 0.3 is 11.9 Å². The predicted octanol–water partition coefficient (Wildman–Crippen LogP) is 5.23. The first-order valence-electron chi connectivity index (χ1n) is 9.43. The van der Waals surface area contributed by atoms with Gasteiger partial charge in [-0.15, -0.1) is 0 Å². The van der Waals surface area contributed by atoms with Crippen molar-refractivity contribution in [3.05, 3.63) is 99.1 Å². The highest BCUT2D eigenvalue weighted by Crippen LogP contribution is 2.46. The Balaban J connectivity index is 1.98. The van der Waals surface area contributed by atoms with Crippen molar-refractivity contribution >= 4 is 29.2 Å². The fraction of sp³-hybridized carbons (Fsp3) is 0.167. The smallest absolute Gasteiger partial charge is 0.341 e. The number of halogens is 1. The van der Waals surface area contributed by atoms with Crippen LogP contribution in [-0.2, 0) is 15.2 Å². The summed E-state index contributed by atoms with van der Waals surface area (Å²) >= 11 is 6.57. The van der Waals surface area contributed by atoms with Crippen LogP contribution in [0.1, 0.15) is 43.0 Å². The van der Waals surface area contributed by atoms with Crippen molar-refractivity contribution in [2.24, 2.45) is 0 Å². The van der Waals surface area contributed by atoms with Crippen LogP contribution in [0.2, 0.25) is 5.02 Å². The van der Waals surface area contributed by atoms with E-state index in [0.717, 1.165) is 11.1 Å². The first-order valence-corrected chi connectivity index (χ1v) is 9.81. The van der Waals surface area contributed by atoms with Crippen LogP contribution in [-0.4, -0.2) is 19.0 Å². The van der Waals surface area contributed by atoms with Crippen molar-refractivity contribution in [2.45, 2.75) is 19.6 Å². The molecule has 1 heterocycles. The van der Waals surface area contributed by atoms with E-state index in [4.69, 9.17) is 21.1 Å². The highest BCUT2D eigenvalue weighted by Gasteiger charge is 2.49. The van der Waals surface area contributed by atoms with Crippen molar-refractivity contribution < 1.29 is 19.1 Å². The number of benzene rings is 3. The third kappa shape index (κ3) is 3.12. The SMILES string of the molecule is COC(=O)c1ccccc1NC1(c2ccc(C)c(C)c2)OC(=O)c2cccc(Cl)c21. The lowest BCUT2D eigenvalue weighted by Gasteiger charge is -2.33. The summed E-state index contributed by atoms with van der Waals surface area (Å²) in [5.74, 6) is -0.995. The number of aryl methyl sites for hydroxylation is 2. The molecule has 1 atom stereocenters. The van der Waals surface area contributed by atoms with E-state index in [2.05, 4.69) is 5.32 Å². The van der Waals surface area contributed by atoms with Crippen molar-refractivity contribution in [3.8, 4) is 0 Å². The molecule has 0 saturated heterocycles. The normalized spacial score (nSPS) is 17.3. The molecule has 3 aromatic rings. The molecular formula is C24H20ClNO4. The number of ether oxygens (including phenoxy) is 2. The maximum absolute atomic E-state index is 12.8. The van der Waals surface area contributed by atoms with Gasteiger partial charge in [0.25, 0.3) is 0 Å². The maximum Gasteiger partial charge on any atom is 0.341 e. The van der Waals surface area contributed by atoms with E-state index in [1.54, 1.807) is 42.5 Å². The van der Waals surface area contributed by atoms with Crippen LogP contribution < -0.4 is 5.32 Å². The van der Waals surface area contributed by atoms with Crippen molar-refractivity contribution in [2.75, 3.05) is 12.4 Å². The number of hydrogen-bond donors (Lipinski definition) is 1. The standard InChI is InChI=1S/C24H20ClNO4/c1-14-11-12-16(13-15(14)2)24(21-18(23(28)30-24)8-6-9-19(21)25)26-20-10-5-4-7-17(20)22(27)29-3/h4-13,26H,1-3H3. The van der Waals surface area contributed by atoms with Gasteiger partial charge < -0.3 is 14.8 Å². The number of nitrogens with one attached hydrogen (secondary N) is 1. The number of carbonyl (C=O) groups is 2. The second-order valence-electron chi connectivity index (χ2n) is 7.19. The van der Waals surface area contributed by atoms with Gasteiger partial charge in [-0.2, -0.15) is 0 Å². The van der Waals surface area contributed by atoms with Gasteiger partial charge in [0.1, 0.15) is 0 Å². The fourth-order valence-corrected chi connectivity index (χ4v) is 4.00. The van der Waals surface area contributed by atoms with E-state index < -0.39 is 17.7 Å². The number of hydrogen-bond acceptors (Lipinski definition) is 5. The Kier molecular flexibility index (Phi) is 5.00. The molecule has 30 heavy (non-hydrogen) atoms. The molecular weight excluding hydrogens is 402 g/mol. The lowest BCUT2D eigenvalue weighted by atomic mass is 9.90. The van der Waals surface area contributed by atoms with E-state index in [1.165, 1.54) is 7.11 Å². The van der Waals surface area contributed by atoms with Crippen LogP contribution in [0, 0.1) is 13.8 Å². The summed E-state index contributed by atoms with van der Waals surface area (Å²) < 4.78 is 10.9. The molecule has 0 fully saturated rings. The summed E-state index contributed by atoms with van der Waals surface area (Å²) in [4.78, 5) is 25.1. The molecule has 0 bridgehead atoms. The molecule has 152 valence electrons. The van der Waals surface area contributed by atoms with Crippen LogP contribution in [0.5, 0.6) is 0 Å². The van der Waals surface area contributed by atoms with E-state index in [-0.39, 0.29) is 0 Å². The number of cyclic esters (lactones) is 1. The van der Waals surface area contributed by atoms with Gasteiger partial charge in [0.2, 0.25) is 5.72 Å². The predicted molar refractivity (Wildman–Crippen MR) is 115 cm³/mol. The molecule has 0 radical (unpaired) electrons. The van der Waals surface area contributed by atoms with Gasteiger partial charge in [0, 0.05) is 5.56 Å². The Morgan fingerprint density at radius 1 is 1.03 bits per heavy atom. The minimum atomic E-state index is -1.40. The molecule has 1 aliphatic heterocycles. The summed E-state index contributed by atoms with van der Waals surface area (Å²) in [6.45, 7) is 3.99. The lowest BCUT2D eigenvalue weighted by molar-refractivity contribution is 0.0212. The highest BCUT2D eigenvalue weighted by atomic mass is 35.5. The van der Waals surface area contributed by atoms with Crippen LogP contribution in [0.3, 0.4) is 0 Å². The summed E-state index contributed by atoms with van der Waals surface area (Å²) in [6.07, 6.45) is 0. The number of methoxy groups -OCH3 is 1. The van der Waals surface area contributed by atoms with E-state index in [9.17, 15) is 9.59 Å². The zero-order valence-electron chi connectivity index (χ0n) is 16.8. The average Bonchev–Trinajstić information content (AvgIpc) is 3.03. The number of fused-ring (bicyclic) bond motifs is 1. The monoisotopic (exact) mass is 421 g/mol. The van der Waals surface area contributed by atoms with Crippen molar-refractivity contribution in [1.82, 2.24) is 0 Å². The second kappa shape index (κ2) is 7.50. The Bertz CT molecular complexity index is 1170. The number of rotatable bonds is 4. The van der Waals surface area contributed by atoms with Gasteiger partial charge in [0.05, 0.1) is 34.5 Å². The number of esters is 2. The molecule has 1 N–H and O–H groups in total. The fourth-order valence-electron chi connectivity index (χ4n) is 3.69. The molecule has 0 saturated carbocycles. The number of para-hydroxylation sites is 1. The Morgan fingerprint density at radius 3 is 2.53 bits per heavy atom. The van der Waals surface area contributed by atoms with Gasteiger partial charge in [-0.1, -0.05) is 41.9 Å². The minimum Gasteiger partial charge on any atom is -0.465 e.